The number of fused-ring (bicyclic) bond motifs is 1. The molecule has 3 rings (SSSR count). The lowest BCUT2D eigenvalue weighted by Gasteiger charge is -2.10. The molecule has 0 saturated carbocycles. The predicted octanol–water partition coefficient (Wildman–Crippen LogP) is 3.86. The third-order valence-corrected chi connectivity index (χ3v) is 4.01. The highest BCUT2D eigenvalue weighted by molar-refractivity contribution is 9.10. The van der Waals surface area contributed by atoms with Crippen molar-refractivity contribution in [2.45, 2.75) is 6.61 Å². The first-order valence-electron chi connectivity index (χ1n) is 6.49. The summed E-state index contributed by atoms with van der Waals surface area (Å²) in [7, 11) is 0. The molecule has 0 saturated heterocycles. The molecule has 3 aromatic rings. The fourth-order valence-electron chi connectivity index (χ4n) is 2.08. The molecule has 4 nitrogen and oxygen atoms in total. The molecule has 0 fully saturated rings. The maximum Gasteiger partial charge on any atom is 0.139 e. The summed E-state index contributed by atoms with van der Waals surface area (Å²) in [6.07, 6.45) is 1.74. The highest BCUT2D eigenvalue weighted by atomic mass is 79.9. The monoisotopic (exact) mass is 343 g/mol. The van der Waals surface area contributed by atoms with E-state index in [2.05, 4.69) is 44.5 Å². The molecule has 0 bridgehead atoms. The van der Waals surface area contributed by atoms with Gasteiger partial charge in [-0.15, -0.1) is 0 Å². The summed E-state index contributed by atoms with van der Waals surface area (Å²) in [5.41, 5.74) is 3.48. The van der Waals surface area contributed by atoms with Crippen molar-refractivity contribution in [1.29, 1.82) is 0 Å². The zero-order valence-corrected chi connectivity index (χ0v) is 12.8. The number of pyridine rings is 1. The van der Waals surface area contributed by atoms with Gasteiger partial charge in [-0.2, -0.15) is 0 Å². The van der Waals surface area contributed by atoms with E-state index in [4.69, 9.17) is 10.6 Å². The molecule has 1 aromatic heterocycles. The largest absolute Gasteiger partial charge is 0.488 e. The first kappa shape index (κ1) is 13.9. The van der Waals surface area contributed by atoms with Gasteiger partial charge in [0.05, 0.1) is 4.47 Å². The van der Waals surface area contributed by atoms with E-state index in [0.717, 1.165) is 21.2 Å². The molecule has 0 aliphatic carbocycles. The Kier molecular flexibility index (Phi) is 4.03. The fraction of sp³-hybridized carbons (Fsp3) is 0.0625. The number of hydrogen-bond acceptors (Lipinski definition) is 4. The summed E-state index contributed by atoms with van der Waals surface area (Å²) in [4.78, 5) is 4.15. The Hall–Kier alpha value is -2.11. The van der Waals surface area contributed by atoms with Crippen LogP contribution in [0, 0.1) is 0 Å². The van der Waals surface area contributed by atoms with Crippen molar-refractivity contribution in [2.75, 3.05) is 5.43 Å². The summed E-state index contributed by atoms with van der Waals surface area (Å²) >= 11 is 3.61. The molecule has 0 amide bonds. The summed E-state index contributed by atoms with van der Waals surface area (Å²) < 4.78 is 6.83. The molecule has 0 radical (unpaired) electrons. The minimum Gasteiger partial charge on any atom is -0.488 e. The van der Waals surface area contributed by atoms with Crippen LogP contribution in [0.3, 0.4) is 0 Å². The van der Waals surface area contributed by atoms with Crippen molar-refractivity contribution in [2.24, 2.45) is 5.84 Å². The van der Waals surface area contributed by atoms with Crippen LogP contribution in [0.5, 0.6) is 5.75 Å². The van der Waals surface area contributed by atoms with Gasteiger partial charge in [0, 0.05) is 11.8 Å². The molecule has 0 aliphatic rings. The number of rotatable bonds is 4. The van der Waals surface area contributed by atoms with E-state index in [9.17, 15) is 0 Å². The van der Waals surface area contributed by atoms with E-state index in [0.29, 0.717) is 12.4 Å². The van der Waals surface area contributed by atoms with Crippen LogP contribution in [0.1, 0.15) is 5.56 Å². The second kappa shape index (κ2) is 6.11. The summed E-state index contributed by atoms with van der Waals surface area (Å²) in [5.74, 6) is 6.73. The average molecular weight is 344 g/mol. The molecule has 0 atom stereocenters. The number of nitrogens with two attached hydrogens (primary N) is 1. The Morgan fingerprint density at radius 2 is 1.95 bits per heavy atom. The number of hydrogen-bond donors (Lipinski definition) is 2. The van der Waals surface area contributed by atoms with Crippen LogP contribution < -0.4 is 16.0 Å². The van der Waals surface area contributed by atoms with Gasteiger partial charge in [0.2, 0.25) is 0 Å². The van der Waals surface area contributed by atoms with Gasteiger partial charge in [0.15, 0.2) is 0 Å². The Bertz CT molecular complexity index is 759. The molecular formula is C16H14BrN3O. The zero-order chi connectivity index (χ0) is 14.7. The van der Waals surface area contributed by atoms with Crippen LogP contribution in [0.4, 0.5) is 5.82 Å². The van der Waals surface area contributed by atoms with Gasteiger partial charge in [-0.1, -0.05) is 36.4 Å². The lowest BCUT2D eigenvalue weighted by Crippen LogP contribution is -2.08. The zero-order valence-electron chi connectivity index (χ0n) is 11.2. The van der Waals surface area contributed by atoms with Crippen LogP contribution >= 0.6 is 15.9 Å². The maximum atomic E-state index is 5.87. The number of aromatic nitrogens is 1. The number of nitrogens with one attached hydrogen (secondary N) is 1. The van der Waals surface area contributed by atoms with Gasteiger partial charge >= 0.3 is 0 Å². The number of benzene rings is 2. The first-order valence-corrected chi connectivity index (χ1v) is 7.29. The number of ether oxygens (including phenoxy) is 1. The Labute approximate surface area is 131 Å². The third kappa shape index (κ3) is 2.99. The van der Waals surface area contributed by atoms with Crippen molar-refractivity contribution >= 4 is 32.5 Å². The lowest BCUT2D eigenvalue weighted by molar-refractivity contribution is 0.304. The minimum atomic E-state index is 0.453. The van der Waals surface area contributed by atoms with Crippen molar-refractivity contribution in [3.05, 3.63) is 64.8 Å². The molecular weight excluding hydrogens is 330 g/mol. The van der Waals surface area contributed by atoms with Crippen molar-refractivity contribution in [1.82, 2.24) is 4.98 Å². The van der Waals surface area contributed by atoms with Gasteiger partial charge < -0.3 is 10.2 Å². The number of nitrogen functional groups attached to an aromatic ring is 1. The van der Waals surface area contributed by atoms with Crippen LogP contribution in [0.2, 0.25) is 0 Å². The fourth-order valence-corrected chi connectivity index (χ4v) is 2.69. The number of halogens is 1. The molecule has 2 aromatic carbocycles. The van der Waals surface area contributed by atoms with Crippen LogP contribution in [0.25, 0.3) is 10.8 Å². The van der Waals surface area contributed by atoms with Crippen LogP contribution in [-0.4, -0.2) is 4.98 Å². The summed E-state index contributed by atoms with van der Waals surface area (Å²) in [6.45, 7) is 0.453. The molecule has 0 unspecified atom stereocenters. The van der Waals surface area contributed by atoms with E-state index in [1.807, 2.05) is 30.3 Å². The Morgan fingerprint density at radius 3 is 2.71 bits per heavy atom. The number of nitrogens with zero attached hydrogens (tertiary/aromatic N) is 1. The quantitative estimate of drug-likeness (QED) is 0.557. The van der Waals surface area contributed by atoms with Crippen LogP contribution in [0.15, 0.2) is 59.2 Å². The molecule has 0 aliphatic heterocycles. The van der Waals surface area contributed by atoms with E-state index < -0.39 is 0 Å². The lowest BCUT2D eigenvalue weighted by atomic mass is 10.1. The van der Waals surface area contributed by atoms with Gasteiger partial charge in [0.1, 0.15) is 18.2 Å². The molecule has 5 heteroatoms. The maximum absolute atomic E-state index is 5.87. The topological polar surface area (TPSA) is 60.2 Å². The van der Waals surface area contributed by atoms with Crippen molar-refractivity contribution in [3.8, 4) is 5.75 Å². The normalized spacial score (nSPS) is 10.6. The molecule has 1 heterocycles. The second-order valence-electron chi connectivity index (χ2n) is 4.58. The minimum absolute atomic E-state index is 0.453. The SMILES string of the molecule is NNc1ccc(COc2ccc3ccccc3c2Br)cn1. The van der Waals surface area contributed by atoms with E-state index in [1.165, 1.54) is 5.39 Å². The van der Waals surface area contributed by atoms with Gasteiger partial charge in [-0.25, -0.2) is 10.8 Å². The smallest absolute Gasteiger partial charge is 0.139 e. The molecule has 21 heavy (non-hydrogen) atoms. The van der Waals surface area contributed by atoms with E-state index in [1.54, 1.807) is 6.20 Å². The van der Waals surface area contributed by atoms with E-state index in [-0.39, 0.29) is 0 Å². The Morgan fingerprint density at radius 1 is 1.10 bits per heavy atom. The Balaban J connectivity index is 1.79. The average Bonchev–Trinajstić information content (AvgIpc) is 2.55. The van der Waals surface area contributed by atoms with Crippen molar-refractivity contribution in [3.63, 3.8) is 0 Å². The van der Waals surface area contributed by atoms with Gasteiger partial charge in [0.25, 0.3) is 0 Å². The summed E-state index contributed by atoms with van der Waals surface area (Å²) in [6, 6.07) is 15.9. The van der Waals surface area contributed by atoms with Gasteiger partial charge in [-0.05, 0) is 38.8 Å². The second-order valence-corrected chi connectivity index (χ2v) is 5.38. The highest BCUT2D eigenvalue weighted by Crippen LogP contribution is 2.33. The molecule has 106 valence electrons. The highest BCUT2D eigenvalue weighted by Gasteiger charge is 2.06. The first-order chi connectivity index (χ1) is 10.3. The van der Waals surface area contributed by atoms with E-state index >= 15 is 0 Å². The number of anilines is 1. The predicted molar refractivity (Wildman–Crippen MR) is 88.0 cm³/mol. The standard InChI is InChI=1S/C16H14BrN3O/c17-16-13-4-2-1-3-12(13)6-7-14(16)21-10-11-5-8-15(20-18)19-9-11/h1-9H,10,18H2,(H,19,20). The third-order valence-electron chi connectivity index (χ3n) is 3.19. The van der Waals surface area contributed by atoms with Crippen molar-refractivity contribution < 1.29 is 4.74 Å². The van der Waals surface area contributed by atoms with Crippen LogP contribution in [-0.2, 0) is 6.61 Å². The van der Waals surface area contributed by atoms with Gasteiger partial charge in [-0.3, -0.25) is 0 Å². The number of hydrazine groups is 1. The molecule has 3 N–H and O–H groups in total. The summed E-state index contributed by atoms with van der Waals surface area (Å²) in [5, 5.41) is 2.31. The molecule has 0 spiro atoms.